The number of fused-ring (bicyclic) bond motifs is 3. The van der Waals surface area contributed by atoms with Crippen molar-refractivity contribution < 1.29 is 39.2 Å². The Morgan fingerprint density at radius 3 is 2.38 bits per heavy atom. The van der Waals surface area contributed by atoms with Crippen LogP contribution in [0.15, 0.2) is 33.9 Å². The first-order valence-corrected chi connectivity index (χ1v) is 15.1. The molecule has 244 valence electrons. The van der Waals surface area contributed by atoms with E-state index in [1.54, 1.807) is 37.2 Å². The Bertz CT molecular complexity index is 1600. The Kier molecular flexibility index (Phi) is 7.97. The average molecular weight is 625 g/mol. The average Bonchev–Trinajstić information content (AvgIpc) is 3.37. The molecule has 0 saturated heterocycles. The lowest BCUT2D eigenvalue weighted by molar-refractivity contribution is -0.185. The molecule has 12 heteroatoms. The quantitative estimate of drug-likeness (QED) is 0.264. The van der Waals surface area contributed by atoms with E-state index in [0.29, 0.717) is 29.3 Å². The molecule has 3 aliphatic carbocycles. The van der Waals surface area contributed by atoms with Gasteiger partial charge in [-0.15, -0.1) is 0 Å². The molecule has 2 unspecified atom stereocenters. The molecular formula is C33H44N4O8. The molecule has 1 aromatic carbocycles. The Morgan fingerprint density at radius 2 is 1.80 bits per heavy atom. The van der Waals surface area contributed by atoms with Crippen molar-refractivity contribution in [1.29, 1.82) is 0 Å². The number of Topliss-reactive ketones (excluding diaryl/α,β-unsaturated/α-hetero) is 2. The second-order valence-corrected chi connectivity index (χ2v) is 14.3. The Balaban J connectivity index is 1.63. The number of phenols is 1. The van der Waals surface area contributed by atoms with Crippen LogP contribution in [0.25, 0.3) is 11.3 Å². The van der Waals surface area contributed by atoms with Gasteiger partial charge in [0.15, 0.2) is 17.2 Å². The summed E-state index contributed by atoms with van der Waals surface area (Å²) < 4.78 is 6.06. The summed E-state index contributed by atoms with van der Waals surface area (Å²) in [6.07, 6.45) is -0.909. The molecule has 1 fully saturated rings. The molecule has 0 spiro atoms. The minimum Gasteiger partial charge on any atom is -0.508 e. The van der Waals surface area contributed by atoms with Crippen LogP contribution in [0.1, 0.15) is 61.7 Å². The predicted molar refractivity (Wildman–Crippen MR) is 167 cm³/mol. The molecule has 1 aromatic heterocycles. The van der Waals surface area contributed by atoms with Crippen molar-refractivity contribution >= 4 is 23.2 Å². The number of aliphatic hydroxyl groups is 3. The van der Waals surface area contributed by atoms with Crippen LogP contribution in [0.4, 0.5) is 5.69 Å². The van der Waals surface area contributed by atoms with Gasteiger partial charge in [0.2, 0.25) is 5.91 Å². The zero-order valence-corrected chi connectivity index (χ0v) is 26.9. The molecule has 12 nitrogen and oxygen atoms in total. The minimum atomic E-state index is -2.48. The van der Waals surface area contributed by atoms with Crippen LogP contribution in [0.5, 0.6) is 5.75 Å². The highest BCUT2D eigenvalue weighted by Crippen LogP contribution is 2.55. The van der Waals surface area contributed by atoms with Crippen molar-refractivity contribution in [3.63, 3.8) is 0 Å². The highest BCUT2D eigenvalue weighted by molar-refractivity contribution is 6.16. The summed E-state index contributed by atoms with van der Waals surface area (Å²) in [7, 11) is 6.92. The molecule has 0 bridgehead atoms. The molecule has 7 N–H and O–H groups in total. The topological polar surface area (TPSA) is 190 Å². The molecule has 1 amide bonds. The number of likely N-dealkylation sites (N-methyl/N-ethyl adjacent to an activating group) is 1. The molecule has 2 aromatic rings. The molecule has 1 heterocycles. The molecule has 1 saturated carbocycles. The maximum Gasteiger partial charge on any atom is 0.220 e. The van der Waals surface area contributed by atoms with Crippen molar-refractivity contribution in [3.8, 4) is 17.1 Å². The number of amides is 1. The summed E-state index contributed by atoms with van der Waals surface area (Å²) in [5, 5.41) is 50.1. The fourth-order valence-electron chi connectivity index (χ4n) is 7.63. The fraction of sp³-hybridized carbons (Fsp3) is 0.545. The summed E-state index contributed by atoms with van der Waals surface area (Å²) in [5.74, 6) is -4.22. The normalized spacial score (nSPS) is 28.2. The number of carbonyl (C=O) groups is 3. The molecular weight excluding hydrogens is 580 g/mol. The van der Waals surface area contributed by atoms with E-state index in [4.69, 9.17) is 10.2 Å². The largest absolute Gasteiger partial charge is 0.508 e. The minimum absolute atomic E-state index is 0.0283. The lowest BCUT2D eigenvalue weighted by Crippen LogP contribution is -2.71. The van der Waals surface area contributed by atoms with Crippen LogP contribution in [0, 0.1) is 11.8 Å². The number of nitrogens with two attached hydrogens (primary N) is 1. The summed E-state index contributed by atoms with van der Waals surface area (Å²) in [6.45, 7) is 6.55. The first-order valence-electron chi connectivity index (χ1n) is 15.1. The van der Waals surface area contributed by atoms with Crippen molar-refractivity contribution in [1.82, 2.24) is 10.2 Å². The van der Waals surface area contributed by atoms with Crippen molar-refractivity contribution in [2.75, 3.05) is 33.1 Å². The number of phenolic OH excluding ortho intramolecular Hbond substituents is 1. The smallest absolute Gasteiger partial charge is 0.220 e. The maximum atomic E-state index is 14.3. The predicted octanol–water partition coefficient (Wildman–Crippen LogP) is 2.03. The van der Waals surface area contributed by atoms with Gasteiger partial charge in [-0.1, -0.05) is 0 Å². The number of hydrogen-bond acceptors (Lipinski definition) is 11. The van der Waals surface area contributed by atoms with Gasteiger partial charge in [-0.05, 0) is 77.4 Å². The number of aliphatic hydroxyl groups excluding tert-OH is 1. The second kappa shape index (κ2) is 11.0. The molecule has 5 rings (SSSR count). The molecule has 3 aliphatic rings. The van der Waals surface area contributed by atoms with Crippen LogP contribution < -0.4 is 16.0 Å². The van der Waals surface area contributed by atoms with Gasteiger partial charge in [0.25, 0.3) is 0 Å². The molecule has 5 atom stereocenters. The number of aromatic hydroxyl groups is 1. The van der Waals surface area contributed by atoms with Crippen molar-refractivity contribution in [3.05, 3.63) is 46.4 Å². The van der Waals surface area contributed by atoms with E-state index in [2.05, 4.69) is 5.32 Å². The van der Waals surface area contributed by atoms with Crippen LogP contribution in [-0.2, 0) is 22.6 Å². The molecule has 45 heavy (non-hydrogen) atoms. The number of hydrogen-bond donors (Lipinski definition) is 6. The lowest BCUT2D eigenvalue weighted by atomic mass is 9.55. The number of primary amides is 1. The highest BCUT2D eigenvalue weighted by atomic mass is 16.4. The van der Waals surface area contributed by atoms with E-state index in [9.17, 15) is 34.8 Å². The Morgan fingerprint density at radius 1 is 1.13 bits per heavy atom. The first-order chi connectivity index (χ1) is 20.8. The number of benzene rings is 1. The van der Waals surface area contributed by atoms with Gasteiger partial charge in [-0.25, -0.2) is 0 Å². The number of nitrogens with one attached hydrogen (secondary N) is 1. The van der Waals surface area contributed by atoms with Crippen LogP contribution >= 0.6 is 0 Å². The highest BCUT2D eigenvalue weighted by Gasteiger charge is 2.66. The number of allylic oxidation sites excluding steroid dienone is 1. The fourth-order valence-corrected chi connectivity index (χ4v) is 7.63. The van der Waals surface area contributed by atoms with Crippen molar-refractivity contribution in [2.45, 2.75) is 75.8 Å². The number of furan rings is 1. The van der Waals surface area contributed by atoms with E-state index in [0.717, 1.165) is 0 Å². The van der Waals surface area contributed by atoms with E-state index in [-0.39, 0.29) is 40.8 Å². The van der Waals surface area contributed by atoms with Crippen LogP contribution in [-0.4, -0.2) is 93.8 Å². The van der Waals surface area contributed by atoms with E-state index in [1.165, 1.54) is 0 Å². The van der Waals surface area contributed by atoms with E-state index >= 15 is 0 Å². The van der Waals surface area contributed by atoms with Gasteiger partial charge < -0.3 is 45.7 Å². The molecule has 0 radical (unpaired) electrons. The third-order valence-corrected chi connectivity index (χ3v) is 9.47. The number of anilines is 1. The zero-order chi connectivity index (χ0) is 33.4. The Labute approximate surface area is 262 Å². The lowest BCUT2D eigenvalue weighted by Gasteiger charge is -2.56. The monoisotopic (exact) mass is 624 g/mol. The van der Waals surface area contributed by atoms with Gasteiger partial charge in [-0.3, -0.25) is 14.4 Å². The number of rotatable bonds is 7. The number of ketones is 2. The zero-order valence-electron chi connectivity index (χ0n) is 26.9. The summed E-state index contributed by atoms with van der Waals surface area (Å²) in [5.41, 5.74) is 2.25. The SMILES string of the molecule is CN(C)c1cc(-c2ccc(CNC(C)(C)C)o2)c(O)c2c1C[C@H]1C[C@H]3C(N(C)C)C(O)(CC(N)=O)CC(=O)[C@@]3(O)C(O)=C1C2=O. The summed E-state index contributed by atoms with van der Waals surface area (Å²) >= 11 is 0. The van der Waals surface area contributed by atoms with Crippen molar-refractivity contribution in [2.24, 2.45) is 17.6 Å². The van der Waals surface area contributed by atoms with Gasteiger partial charge in [0.1, 0.15) is 23.0 Å². The summed E-state index contributed by atoms with van der Waals surface area (Å²) in [4.78, 5) is 43.2. The van der Waals surface area contributed by atoms with E-state index in [1.807, 2.05) is 39.8 Å². The standard InChI is InChI=1S/C33H44N4O8/c1-31(2,3)35-15-17-8-9-22(45-17)19-12-21(36(4)5)18-10-16-11-20-29(37(6)7)32(43,14-24(34)39)13-23(38)33(20,44)30(42)25(16)28(41)26(18)27(19)40/h8-9,12,16,20,29,35,40,42-44H,10-11,13-15H2,1-7H3,(H2,34,39)/t16-,20-,29?,32?,33+/m0/s1. The third kappa shape index (κ3) is 5.33. The summed E-state index contributed by atoms with van der Waals surface area (Å²) in [6, 6.07) is 4.32. The number of carbonyl (C=O) groups excluding carboxylic acids is 3. The van der Waals surface area contributed by atoms with Crippen LogP contribution in [0.2, 0.25) is 0 Å². The molecule has 0 aliphatic heterocycles. The first kappa shape index (κ1) is 32.7. The van der Waals surface area contributed by atoms with Gasteiger partial charge >= 0.3 is 0 Å². The second-order valence-electron chi connectivity index (χ2n) is 14.3. The third-order valence-electron chi connectivity index (χ3n) is 9.47. The van der Waals surface area contributed by atoms with Gasteiger partial charge in [0.05, 0.1) is 29.7 Å². The van der Waals surface area contributed by atoms with Gasteiger partial charge in [0, 0.05) is 49.3 Å². The van der Waals surface area contributed by atoms with Gasteiger partial charge in [-0.2, -0.15) is 0 Å². The number of nitrogens with zero attached hydrogens (tertiary/aromatic N) is 2. The Hall–Kier alpha value is -3.71. The maximum absolute atomic E-state index is 14.3. The van der Waals surface area contributed by atoms with E-state index < -0.39 is 65.2 Å². The van der Waals surface area contributed by atoms with Crippen LogP contribution in [0.3, 0.4) is 0 Å².